The Labute approximate surface area is 156 Å². The molecule has 7 heteroatoms. The maximum absolute atomic E-state index is 12.4. The Hall–Kier alpha value is -2.67. The lowest BCUT2D eigenvalue weighted by Crippen LogP contribution is -2.30. The number of esters is 1. The van der Waals surface area contributed by atoms with Gasteiger partial charge in [-0.1, -0.05) is 6.07 Å². The molecule has 0 bridgehead atoms. The van der Waals surface area contributed by atoms with E-state index in [0.717, 1.165) is 4.88 Å². The van der Waals surface area contributed by atoms with Gasteiger partial charge in [-0.3, -0.25) is 9.59 Å². The molecule has 1 aromatic heterocycles. The summed E-state index contributed by atoms with van der Waals surface area (Å²) in [6, 6.07) is 10.2. The lowest BCUT2D eigenvalue weighted by molar-refractivity contribution is -0.119. The van der Waals surface area contributed by atoms with Gasteiger partial charge in [0.05, 0.1) is 0 Å². The number of carbonyl (C=O) groups excluding carboxylic acids is 3. The van der Waals surface area contributed by atoms with E-state index in [4.69, 9.17) is 4.74 Å². The molecule has 0 fully saturated rings. The minimum absolute atomic E-state index is 0.0920. The van der Waals surface area contributed by atoms with E-state index >= 15 is 0 Å². The topological polar surface area (TPSA) is 75.7 Å². The van der Waals surface area contributed by atoms with Crippen LogP contribution in [-0.4, -0.2) is 42.4 Å². The Bertz CT molecular complexity index is 796. The summed E-state index contributed by atoms with van der Waals surface area (Å²) in [6.07, 6.45) is 0. The molecule has 0 spiro atoms. The molecule has 26 heavy (non-hydrogen) atoms. The molecular weight excluding hydrogens is 352 g/mol. The zero-order valence-electron chi connectivity index (χ0n) is 15.1. The number of aryl methyl sites for hydroxylation is 1. The molecule has 0 saturated heterocycles. The van der Waals surface area contributed by atoms with Gasteiger partial charge >= 0.3 is 5.97 Å². The van der Waals surface area contributed by atoms with Crippen molar-refractivity contribution in [1.82, 2.24) is 4.90 Å². The summed E-state index contributed by atoms with van der Waals surface area (Å²) < 4.78 is 5.01. The molecule has 2 amide bonds. The van der Waals surface area contributed by atoms with E-state index in [9.17, 15) is 14.4 Å². The molecule has 1 heterocycles. The van der Waals surface area contributed by atoms with E-state index in [0.29, 0.717) is 29.2 Å². The van der Waals surface area contributed by atoms with E-state index in [1.54, 1.807) is 35.2 Å². The van der Waals surface area contributed by atoms with E-state index in [-0.39, 0.29) is 12.5 Å². The van der Waals surface area contributed by atoms with Gasteiger partial charge in [0.2, 0.25) is 0 Å². The highest BCUT2D eigenvalue weighted by Crippen LogP contribution is 2.16. The molecule has 1 aromatic carbocycles. The van der Waals surface area contributed by atoms with E-state index < -0.39 is 11.9 Å². The fraction of sp³-hybridized carbons (Fsp3) is 0.316. The smallest absolute Gasteiger partial charge is 0.348 e. The van der Waals surface area contributed by atoms with Gasteiger partial charge in [-0.15, -0.1) is 11.3 Å². The van der Waals surface area contributed by atoms with Crippen LogP contribution >= 0.6 is 11.3 Å². The number of rotatable bonds is 7. The van der Waals surface area contributed by atoms with Crippen LogP contribution in [0.5, 0.6) is 0 Å². The Morgan fingerprint density at radius 1 is 1.12 bits per heavy atom. The van der Waals surface area contributed by atoms with Crippen molar-refractivity contribution < 1.29 is 19.1 Å². The molecule has 0 aliphatic carbocycles. The average molecular weight is 374 g/mol. The van der Waals surface area contributed by atoms with Crippen LogP contribution in [0.1, 0.15) is 38.8 Å². The lowest BCUT2D eigenvalue weighted by atomic mass is 10.1. The normalized spacial score (nSPS) is 10.3. The number of carbonyl (C=O) groups is 3. The Kier molecular flexibility index (Phi) is 6.91. The van der Waals surface area contributed by atoms with Gasteiger partial charge in [-0.25, -0.2) is 4.79 Å². The molecule has 138 valence electrons. The fourth-order valence-corrected chi connectivity index (χ4v) is 3.13. The Morgan fingerprint density at radius 2 is 1.85 bits per heavy atom. The van der Waals surface area contributed by atoms with Crippen LogP contribution in [0.4, 0.5) is 5.69 Å². The Morgan fingerprint density at radius 3 is 2.46 bits per heavy atom. The number of thiophene rings is 1. The standard InChI is InChI=1S/C19H22N2O4S/c1-4-21(5-2)18(23)14-7-6-8-15(11-14)20-17(22)12-25-19(24)16-10-9-13(3)26-16/h6-11H,4-5,12H2,1-3H3,(H,20,22). The molecule has 0 atom stereocenters. The monoisotopic (exact) mass is 374 g/mol. The maximum atomic E-state index is 12.4. The van der Waals surface area contributed by atoms with Crippen LogP contribution in [0.2, 0.25) is 0 Å². The van der Waals surface area contributed by atoms with Crippen LogP contribution in [0.25, 0.3) is 0 Å². The number of hydrogen-bond acceptors (Lipinski definition) is 5. The highest BCUT2D eigenvalue weighted by Gasteiger charge is 2.15. The van der Waals surface area contributed by atoms with Gasteiger partial charge in [0, 0.05) is 29.2 Å². The number of anilines is 1. The van der Waals surface area contributed by atoms with Crippen molar-refractivity contribution in [1.29, 1.82) is 0 Å². The highest BCUT2D eigenvalue weighted by molar-refractivity contribution is 7.13. The number of nitrogens with one attached hydrogen (secondary N) is 1. The molecule has 1 N–H and O–H groups in total. The van der Waals surface area contributed by atoms with E-state index in [1.165, 1.54) is 11.3 Å². The fourth-order valence-electron chi connectivity index (χ4n) is 2.37. The van der Waals surface area contributed by atoms with Crippen LogP contribution in [0.15, 0.2) is 36.4 Å². The Balaban J connectivity index is 1.93. The first-order valence-electron chi connectivity index (χ1n) is 8.37. The van der Waals surface area contributed by atoms with Crippen LogP contribution < -0.4 is 5.32 Å². The molecular formula is C19H22N2O4S. The third kappa shape index (κ3) is 5.16. The first-order valence-corrected chi connectivity index (χ1v) is 9.19. The molecule has 0 saturated carbocycles. The quantitative estimate of drug-likeness (QED) is 0.754. The van der Waals surface area contributed by atoms with Crippen LogP contribution in [0.3, 0.4) is 0 Å². The number of hydrogen-bond donors (Lipinski definition) is 1. The molecule has 0 unspecified atom stereocenters. The summed E-state index contributed by atoms with van der Waals surface area (Å²) in [5.41, 5.74) is 0.980. The summed E-state index contributed by atoms with van der Waals surface area (Å²) in [5, 5.41) is 2.64. The average Bonchev–Trinajstić information content (AvgIpc) is 3.07. The van der Waals surface area contributed by atoms with Crippen molar-refractivity contribution >= 4 is 34.8 Å². The van der Waals surface area contributed by atoms with Crippen molar-refractivity contribution in [3.63, 3.8) is 0 Å². The van der Waals surface area contributed by atoms with Crippen molar-refractivity contribution in [2.24, 2.45) is 0 Å². The molecule has 0 aliphatic heterocycles. The minimum Gasteiger partial charge on any atom is -0.451 e. The SMILES string of the molecule is CCN(CC)C(=O)c1cccc(NC(=O)COC(=O)c2ccc(C)s2)c1. The summed E-state index contributed by atoms with van der Waals surface area (Å²) in [5.74, 6) is -1.08. The predicted octanol–water partition coefficient (Wildman–Crippen LogP) is 3.33. The van der Waals surface area contributed by atoms with E-state index in [1.807, 2.05) is 26.8 Å². The number of amides is 2. The van der Waals surface area contributed by atoms with Gasteiger partial charge in [0.25, 0.3) is 11.8 Å². The third-order valence-electron chi connectivity index (χ3n) is 3.72. The largest absolute Gasteiger partial charge is 0.451 e. The second-order valence-corrected chi connectivity index (χ2v) is 6.88. The van der Waals surface area contributed by atoms with Gasteiger partial charge < -0.3 is 15.0 Å². The van der Waals surface area contributed by atoms with Crippen LogP contribution in [-0.2, 0) is 9.53 Å². The second kappa shape index (κ2) is 9.15. The zero-order chi connectivity index (χ0) is 19.1. The molecule has 0 radical (unpaired) electrons. The van der Waals surface area contributed by atoms with Gasteiger partial charge in [-0.2, -0.15) is 0 Å². The summed E-state index contributed by atoms with van der Waals surface area (Å²) in [7, 11) is 0. The van der Waals surface area contributed by atoms with E-state index in [2.05, 4.69) is 5.32 Å². The first kappa shape index (κ1) is 19.7. The second-order valence-electron chi connectivity index (χ2n) is 5.59. The van der Waals surface area contributed by atoms with Crippen LogP contribution in [0, 0.1) is 6.92 Å². The maximum Gasteiger partial charge on any atom is 0.348 e. The zero-order valence-corrected chi connectivity index (χ0v) is 15.9. The number of nitrogens with zero attached hydrogens (tertiary/aromatic N) is 1. The van der Waals surface area contributed by atoms with Crippen molar-refractivity contribution in [3.05, 3.63) is 51.7 Å². The highest BCUT2D eigenvalue weighted by atomic mass is 32.1. The lowest BCUT2D eigenvalue weighted by Gasteiger charge is -2.19. The van der Waals surface area contributed by atoms with Crippen molar-refractivity contribution in [3.8, 4) is 0 Å². The summed E-state index contributed by atoms with van der Waals surface area (Å²) in [4.78, 5) is 39.4. The molecule has 6 nitrogen and oxygen atoms in total. The van der Waals surface area contributed by atoms with Crippen molar-refractivity contribution in [2.75, 3.05) is 25.0 Å². The molecule has 2 aromatic rings. The van der Waals surface area contributed by atoms with Crippen molar-refractivity contribution in [2.45, 2.75) is 20.8 Å². The first-order chi connectivity index (χ1) is 12.4. The number of benzene rings is 1. The predicted molar refractivity (Wildman–Crippen MR) is 102 cm³/mol. The summed E-state index contributed by atoms with van der Waals surface area (Å²) >= 11 is 1.32. The minimum atomic E-state index is -0.524. The molecule has 0 aliphatic rings. The number of ether oxygens (including phenoxy) is 1. The molecule has 2 rings (SSSR count). The van der Waals surface area contributed by atoms with Gasteiger partial charge in [0.1, 0.15) is 4.88 Å². The third-order valence-corrected chi connectivity index (χ3v) is 4.70. The van der Waals surface area contributed by atoms with Gasteiger partial charge in [-0.05, 0) is 51.1 Å². The van der Waals surface area contributed by atoms with Gasteiger partial charge in [0.15, 0.2) is 6.61 Å². The summed E-state index contributed by atoms with van der Waals surface area (Å²) in [6.45, 7) is 6.56.